The summed E-state index contributed by atoms with van der Waals surface area (Å²) in [6.45, 7) is 1.74. The lowest BCUT2D eigenvalue weighted by molar-refractivity contribution is -0.145. The van der Waals surface area contributed by atoms with Gasteiger partial charge in [0.05, 0.1) is 17.3 Å². The summed E-state index contributed by atoms with van der Waals surface area (Å²) in [5.41, 5.74) is 3.71. The molecule has 0 bridgehead atoms. The Hall–Kier alpha value is -3.18. The fourth-order valence-corrected chi connectivity index (χ4v) is 3.40. The molecule has 0 unspecified atom stereocenters. The van der Waals surface area contributed by atoms with E-state index in [2.05, 4.69) is 20.9 Å². The number of rotatable bonds is 3. The highest BCUT2D eigenvalue weighted by Gasteiger charge is 2.35. The lowest BCUT2D eigenvalue weighted by Crippen LogP contribution is -2.32. The first-order valence-corrected chi connectivity index (χ1v) is 8.75. The summed E-state index contributed by atoms with van der Waals surface area (Å²) in [6.07, 6.45) is -0.855. The molecule has 0 fully saturated rings. The van der Waals surface area contributed by atoms with E-state index in [9.17, 15) is 13.2 Å². The molecule has 1 aromatic carbocycles. The smallest absolute Gasteiger partial charge is 0.320 e. The third kappa shape index (κ3) is 3.62. The van der Waals surface area contributed by atoms with Gasteiger partial charge in [-0.25, -0.2) is 9.97 Å². The van der Waals surface area contributed by atoms with E-state index >= 15 is 0 Å². The van der Waals surface area contributed by atoms with Crippen molar-refractivity contribution in [1.82, 2.24) is 19.4 Å². The largest absolute Gasteiger partial charge is 0.451 e. The highest BCUT2D eigenvalue weighted by Crippen LogP contribution is 2.28. The van der Waals surface area contributed by atoms with Gasteiger partial charge in [-0.2, -0.15) is 18.4 Å². The Kier molecular flexibility index (Phi) is 4.61. The average Bonchev–Trinajstić information content (AvgIpc) is 3.15. The zero-order valence-electron chi connectivity index (χ0n) is 14.8. The lowest BCUT2D eigenvalue weighted by atomic mass is 10.1. The van der Waals surface area contributed by atoms with E-state index in [-0.39, 0.29) is 0 Å². The maximum atomic E-state index is 12.8. The first kappa shape index (κ1) is 18.2. The van der Waals surface area contributed by atoms with Crippen LogP contribution in [0.4, 0.5) is 13.2 Å². The van der Waals surface area contributed by atoms with Crippen LogP contribution in [0.2, 0.25) is 0 Å². The van der Waals surface area contributed by atoms with E-state index in [0.717, 1.165) is 16.9 Å². The summed E-state index contributed by atoms with van der Waals surface area (Å²) in [6, 6.07) is 13.4. The topological polar surface area (TPSA) is 57.7 Å². The van der Waals surface area contributed by atoms with Gasteiger partial charge in [0.1, 0.15) is 0 Å². The van der Waals surface area contributed by atoms with E-state index in [1.165, 1.54) is 6.20 Å². The van der Waals surface area contributed by atoms with Crippen molar-refractivity contribution in [3.63, 3.8) is 0 Å². The predicted octanol–water partition coefficient (Wildman–Crippen LogP) is 3.72. The van der Waals surface area contributed by atoms with Crippen LogP contribution in [-0.2, 0) is 25.7 Å². The van der Waals surface area contributed by atoms with Gasteiger partial charge in [0.15, 0.2) is 0 Å². The second-order valence-electron chi connectivity index (χ2n) is 6.66. The van der Waals surface area contributed by atoms with Crippen molar-refractivity contribution in [2.75, 3.05) is 6.54 Å². The van der Waals surface area contributed by atoms with Gasteiger partial charge in [-0.1, -0.05) is 6.07 Å². The number of nitrogens with zero attached hydrogens (tertiary/aromatic N) is 5. The molecule has 0 spiro atoms. The molecule has 0 saturated heterocycles. The summed E-state index contributed by atoms with van der Waals surface area (Å²) in [4.78, 5) is 9.33. The third-order valence-electron chi connectivity index (χ3n) is 4.74. The highest BCUT2D eigenvalue weighted by atomic mass is 19.4. The summed E-state index contributed by atoms with van der Waals surface area (Å²) >= 11 is 0. The molecule has 1 aliphatic rings. The molecular formula is C20H16F3N5. The van der Waals surface area contributed by atoms with Crippen molar-refractivity contribution in [3.05, 3.63) is 77.1 Å². The number of fused-ring (bicyclic) bond motifs is 1. The van der Waals surface area contributed by atoms with Crippen molar-refractivity contribution in [3.8, 4) is 11.8 Å². The monoisotopic (exact) mass is 383 g/mol. The van der Waals surface area contributed by atoms with Crippen LogP contribution in [-0.4, -0.2) is 26.0 Å². The number of aromatic nitrogens is 3. The molecule has 0 saturated carbocycles. The van der Waals surface area contributed by atoms with Gasteiger partial charge in [0, 0.05) is 55.4 Å². The minimum absolute atomic E-state index is 0.450. The van der Waals surface area contributed by atoms with Crippen molar-refractivity contribution in [1.29, 1.82) is 5.26 Å². The zero-order chi connectivity index (χ0) is 19.7. The van der Waals surface area contributed by atoms with E-state index in [1.807, 2.05) is 41.1 Å². The van der Waals surface area contributed by atoms with Gasteiger partial charge in [0.2, 0.25) is 5.82 Å². The fraction of sp³-hybridized carbons (Fsp3) is 0.250. The molecule has 0 atom stereocenters. The number of hydrogen-bond donors (Lipinski definition) is 0. The number of hydrogen-bond acceptors (Lipinski definition) is 4. The van der Waals surface area contributed by atoms with Gasteiger partial charge < -0.3 is 4.57 Å². The van der Waals surface area contributed by atoms with Gasteiger partial charge in [-0.05, 0) is 30.3 Å². The molecule has 28 heavy (non-hydrogen) atoms. The van der Waals surface area contributed by atoms with Crippen LogP contribution >= 0.6 is 0 Å². The summed E-state index contributed by atoms with van der Waals surface area (Å²) in [7, 11) is 0. The molecular weight excluding hydrogens is 367 g/mol. The van der Waals surface area contributed by atoms with Crippen LogP contribution in [0.25, 0.3) is 5.69 Å². The van der Waals surface area contributed by atoms with E-state index < -0.39 is 12.0 Å². The quantitative estimate of drug-likeness (QED) is 0.692. The zero-order valence-corrected chi connectivity index (χ0v) is 14.8. The van der Waals surface area contributed by atoms with Crippen LogP contribution in [0.15, 0.2) is 48.8 Å². The maximum Gasteiger partial charge on any atom is 0.451 e. The molecule has 8 heteroatoms. The Morgan fingerprint density at radius 2 is 2.04 bits per heavy atom. The Morgan fingerprint density at radius 1 is 1.18 bits per heavy atom. The predicted molar refractivity (Wildman–Crippen MR) is 95.3 cm³/mol. The van der Waals surface area contributed by atoms with Gasteiger partial charge in [0.25, 0.3) is 0 Å². The Labute approximate surface area is 159 Å². The summed E-state index contributed by atoms with van der Waals surface area (Å²) < 4.78 is 40.4. The highest BCUT2D eigenvalue weighted by molar-refractivity contribution is 5.42. The lowest BCUT2D eigenvalue weighted by Gasteiger charge is -2.28. The molecule has 3 aromatic rings. The first-order valence-electron chi connectivity index (χ1n) is 8.75. The maximum absolute atomic E-state index is 12.8. The van der Waals surface area contributed by atoms with Crippen LogP contribution in [0.1, 0.15) is 28.3 Å². The van der Waals surface area contributed by atoms with Gasteiger partial charge >= 0.3 is 6.18 Å². The van der Waals surface area contributed by atoms with Gasteiger partial charge in [-0.15, -0.1) is 0 Å². The Morgan fingerprint density at radius 3 is 2.82 bits per heavy atom. The van der Waals surface area contributed by atoms with Crippen LogP contribution in [0.3, 0.4) is 0 Å². The standard InChI is InChI=1S/C20H16F3N5/c21-20(22,23)19-25-11-15-12-27(8-6-18(15)26-19)13-17-5-2-7-28(17)16-4-1-3-14(9-16)10-24/h1-5,7,9,11H,6,8,12-13H2. The minimum atomic E-state index is -4.52. The van der Waals surface area contributed by atoms with Crippen LogP contribution in [0, 0.1) is 11.3 Å². The minimum Gasteiger partial charge on any atom is -0.320 e. The average molecular weight is 383 g/mol. The summed E-state index contributed by atoms with van der Waals surface area (Å²) in [5.74, 6) is -1.08. The molecule has 0 amide bonds. The SMILES string of the molecule is N#Cc1cccc(-n2cccc2CN2CCc3nc(C(F)(F)F)ncc3C2)c1. The molecule has 0 N–H and O–H groups in total. The molecule has 5 nitrogen and oxygen atoms in total. The van der Waals surface area contributed by atoms with Gasteiger partial charge in [-0.3, -0.25) is 4.90 Å². The molecule has 0 aliphatic carbocycles. The normalized spacial score (nSPS) is 14.5. The third-order valence-corrected chi connectivity index (χ3v) is 4.74. The number of halogens is 3. The molecule has 4 rings (SSSR count). The Bertz CT molecular complexity index is 1050. The first-order chi connectivity index (χ1) is 13.4. The fourth-order valence-electron chi connectivity index (χ4n) is 3.40. The second kappa shape index (κ2) is 7.09. The second-order valence-corrected chi connectivity index (χ2v) is 6.66. The van der Waals surface area contributed by atoms with E-state index in [1.54, 1.807) is 6.07 Å². The number of benzene rings is 1. The van der Waals surface area contributed by atoms with Crippen molar-refractivity contribution < 1.29 is 13.2 Å². The Balaban J connectivity index is 1.53. The van der Waals surface area contributed by atoms with E-state index in [4.69, 9.17) is 5.26 Å². The van der Waals surface area contributed by atoms with E-state index in [0.29, 0.717) is 37.3 Å². The van der Waals surface area contributed by atoms with Crippen molar-refractivity contribution in [2.45, 2.75) is 25.7 Å². The van der Waals surface area contributed by atoms with Crippen molar-refractivity contribution in [2.24, 2.45) is 0 Å². The summed E-state index contributed by atoms with van der Waals surface area (Å²) in [5, 5.41) is 9.10. The van der Waals surface area contributed by atoms with Crippen LogP contribution < -0.4 is 0 Å². The molecule has 2 aromatic heterocycles. The molecule has 3 heterocycles. The number of alkyl halides is 3. The number of nitriles is 1. The molecule has 1 aliphatic heterocycles. The van der Waals surface area contributed by atoms with Crippen LogP contribution in [0.5, 0.6) is 0 Å². The molecule has 0 radical (unpaired) electrons. The van der Waals surface area contributed by atoms with Crippen molar-refractivity contribution >= 4 is 0 Å². The molecule has 142 valence electrons.